The molecule has 1 saturated heterocycles. The lowest BCUT2D eigenvalue weighted by Gasteiger charge is -2.24. The molecule has 19 heavy (non-hydrogen) atoms. The van der Waals surface area contributed by atoms with Gasteiger partial charge >= 0.3 is 0 Å². The molecule has 2 heterocycles. The second kappa shape index (κ2) is 5.61. The van der Waals surface area contributed by atoms with Gasteiger partial charge in [-0.05, 0) is 48.7 Å². The lowest BCUT2D eigenvalue weighted by atomic mass is 9.98. The molecule has 0 radical (unpaired) electrons. The highest BCUT2D eigenvalue weighted by molar-refractivity contribution is 7.17. The molecule has 1 aliphatic heterocycles. The zero-order valence-corrected chi connectivity index (χ0v) is 12.4. The normalized spacial score (nSPS) is 24.9. The molecule has 3 rings (SSSR count). The van der Waals surface area contributed by atoms with Gasteiger partial charge in [0.1, 0.15) is 0 Å². The minimum atomic E-state index is 0.313. The van der Waals surface area contributed by atoms with Crippen molar-refractivity contribution >= 4 is 21.4 Å². The molecule has 3 unspecified atom stereocenters. The van der Waals surface area contributed by atoms with Crippen LogP contribution in [0.1, 0.15) is 38.3 Å². The van der Waals surface area contributed by atoms with Gasteiger partial charge in [0.2, 0.25) is 0 Å². The maximum Gasteiger partial charge on any atom is 0.0774 e. The number of hydrogen-bond acceptors (Lipinski definition) is 3. The molecule has 1 aliphatic rings. The summed E-state index contributed by atoms with van der Waals surface area (Å²) in [5.74, 6) is 0. The largest absolute Gasteiger partial charge is 0.373 e. The van der Waals surface area contributed by atoms with E-state index in [1.807, 2.05) is 11.3 Å². The van der Waals surface area contributed by atoms with Crippen LogP contribution in [-0.2, 0) is 4.74 Å². The van der Waals surface area contributed by atoms with E-state index in [9.17, 15) is 0 Å². The third kappa shape index (κ3) is 2.55. The van der Waals surface area contributed by atoms with Crippen LogP contribution < -0.4 is 5.32 Å². The second-order valence-electron chi connectivity index (χ2n) is 5.29. The summed E-state index contributed by atoms with van der Waals surface area (Å²) in [7, 11) is 0. The SMILES string of the molecule is CCNC(c1csc2ccccc12)C1CCC(C)O1. The van der Waals surface area contributed by atoms with Crippen molar-refractivity contribution in [3.8, 4) is 0 Å². The van der Waals surface area contributed by atoms with Crippen LogP contribution >= 0.6 is 11.3 Å². The van der Waals surface area contributed by atoms with E-state index in [-0.39, 0.29) is 0 Å². The zero-order valence-electron chi connectivity index (χ0n) is 11.6. The molecule has 2 nitrogen and oxygen atoms in total. The Labute approximate surface area is 118 Å². The maximum absolute atomic E-state index is 6.09. The molecule has 3 atom stereocenters. The average Bonchev–Trinajstić information content (AvgIpc) is 3.03. The Morgan fingerprint density at radius 1 is 1.37 bits per heavy atom. The predicted octanol–water partition coefficient (Wildman–Crippen LogP) is 4.12. The van der Waals surface area contributed by atoms with E-state index in [2.05, 4.69) is 48.8 Å². The van der Waals surface area contributed by atoms with Gasteiger partial charge in [0.05, 0.1) is 18.2 Å². The Balaban J connectivity index is 1.95. The van der Waals surface area contributed by atoms with E-state index in [0.29, 0.717) is 18.2 Å². The molecule has 0 bridgehead atoms. The van der Waals surface area contributed by atoms with Gasteiger partial charge in [-0.15, -0.1) is 11.3 Å². The van der Waals surface area contributed by atoms with Crippen molar-refractivity contribution < 1.29 is 4.74 Å². The van der Waals surface area contributed by atoms with Crippen LogP contribution in [0.5, 0.6) is 0 Å². The second-order valence-corrected chi connectivity index (χ2v) is 6.20. The molecule has 102 valence electrons. The van der Waals surface area contributed by atoms with Crippen LogP contribution in [-0.4, -0.2) is 18.8 Å². The fourth-order valence-corrected chi connectivity index (χ4v) is 3.98. The first-order chi connectivity index (χ1) is 9.29. The number of nitrogens with one attached hydrogen (secondary N) is 1. The molecular formula is C16H21NOS. The van der Waals surface area contributed by atoms with Crippen LogP contribution in [0, 0.1) is 0 Å². The summed E-state index contributed by atoms with van der Waals surface area (Å²) in [6, 6.07) is 8.99. The summed E-state index contributed by atoms with van der Waals surface area (Å²) >= 11 is 1.83. The van der Waals surface area contributed by atoms with Crippen molar-refractivity contribution in [2.75, 3.05) is 6.54 Å². The molecule has 1 aromatic heterocycles. The van der Waals surface area contributed by atoms with Gasteiger partial charge in [-0.25, -0.2) is 0 Å². The number of thiophene rings is 1. The Morgan fingerprint density at radius 3 is 2.95 bits per heavy atom. The summed E-state index contributed by atoms with van der Waals surface area (Å²) in [6.07, 6.45) is 3.04. The molecule has 2 aromatic rings. The monoisotopic (exact) mass is 275 g/mol. The average molecular weight is 275 g/mol. The standard InChI is InChI=1S/C16H21NOS/c1-3-17-16(14-9-8-11(2)18-14)13-10-19-15-7-5-4-6-12(13)15/h4-7,10-11,14,16-17H,3,8-9H2,1-2H3. The molecule has 1 aromatic carbocycles. The molecule has 0 spiro atoms. The number of ether oxygens (including phenoxy) is 1. The van der Waals surface area contributed by atoms with Gasteiger partial charge in [-0.1, -0.05) is 25.1 Å². The number of benzene rings is 1. The lowest BCUT2D eigenvalue weighted by Crippen LogP contribution is -2.31. The van der Waals surface area contributed by atoms with Crippen LogP contribution in [0.25, 0.3) is 10.1 Å². The first-order valence-corrected chi connectivity index (χ1v) is 8.02. The summed E-state index contributed by atoms with van der Waals surface area (Å²) in [4.78, 5) is 0. The minimum absolute atomic E-state index is 0.313. The predicted molar refractivity (Wildman–Crippen MR) is 81.8 cm³/mol. The van der Waals surface area contributed by atoms with E-state index >= 15 is 0 Å². The molecule has 0 aliphatic carbocycles. The molecule has 1 fully saturated rings. The van der Waals surface area contributed by atoms with Gasteiger partial charge in [-0.3, -0.25) is 0 Å². The molecule has 0 saturated carbocycles. The Kier molecular flexibility index (Phi) is 3.87. The number of fused-ring (bicyclic) bond motifs is 1. The first kappa shape index (κ1) is 13.1. The van der Waals surface area contributed by atoms with Gasteiger partial charge in [0.15, 0.2) is 0 Å². The number of rotatable bonds is 4. The van der Waals surface area contributed by atoms with Crippen molar-refractivity contribution in [3.05, 3.63) is 35.2 Å². The highest BCUT2D eigenvalue weighted by Crippen LogP contribution is 2.36. The molecule has 3 heteroatoms. The van der Waals surface area contributed by atoms with E-state index in [4.69, 9.17) is 4.74 Å². The topological polar surface area (TPSA) is 21.3 Å². The fourth-order valence-electron chi connectivity index (χ4n) is 2.98. The summed E-state index contributed by atoms with van der Waals surface area (Å²) in [6.45, 7) is 5.32. The third-order valence-corrected chi connectivity index (χ3v) is 4.89. The first-order valence-electron chi connectivity index (χ1n) is 7.14. The Bertz CT molecular complexity index is 550. The Hall–Kier alpha value is -0.900. The van der Waals surface area contributed by atoms with Gasteiger partial charge in [0, 0.05) is 4.70 Å². The van der Waals surface area contributed by atoms with Gasteiger partial charge in [0.25, 0.3) is 0 Å². The lowest BCUT2D eigenvalue weighted by molar-refractivity contribution is 0.0323. The van der Waals surface area contributed by atoms with Crippen molar-refractivity contribution in [2.45, 2.75) is 44.9 Å². The van der Waals surface area contributed by atoms with Crippen LogP contribution in [0.3, 0.4) is 0 Å². The van der Waals surface area contributed by atoms with Crippen molar-refractivity contribution in [3.63, 3.8) is 0 Å². The number of hydrogen-bond donors (Lipinski definition) is 1. The van der Waals surface area contributed by atoms with E-state index < -0.39 is 0 Å². The van der Waals surface area contributed by atoms with Crippen LogP contribution in [0.15, 0.2) is 29.6 Å². The van der Waals surface area contributed by atoms with Crippen molar-refractivity contribution in [1.29, 1.82) is 0 Å². The highest BCUT2D eigenvalue weighted by Gasteiger charge is 2.31. The molecule has 1 N–H and O–H groups in total. The summed E-state index contributed by atoms with van der Waals surface area (Å²) in [5, 5.41) is 7.29. The van der Waals surface area contributed by atoms with Gasteiger partial charge in [-0.2, -0.15) is 0 Å². The summed E-state index contributed by atoms with van der Waals surface area (Å²) in [5.41, 5.74) is 1.40. The smallest absolute Gasteiger partial charge is 0.0774 e. The highest BCUT2D eigenvalue weighted by atomic mass is 32.1. The molecule has 0 amide bonds. The van der Waals surface area contributed by atoms with Crippen molar-refractivity contribution in [2.24, 2.45) is 0 Å². The van der Waals surface area contributed by atoms with E-state index in [1.54, 1.807) is 0 Å². The van der Waals surface area contributed by atoms with Crippen molar-refractivity contribution in [1.82, 2.24) is 5.32 Å². The zero-order chi connectivity index (χ0) is 13.2. The van der Waals surface area contributed by atoms with Gasteiger partial charge < -0.3 is 10.1 Å². The third-order valence-electron chi connectivity index (χ3n) is 3.91. The molecular weight excluding hydrogens is 254 g/mol. The Morgan fingerprint density at radius 2 is 2.21 bits per heavy atom. The summed E-state index contributed by atoms with van der Waals surface area (Å²) < 4.78 is 7.46. The van der Waals surface area contributed by atoms with Crippen LogP contribution in [0.4, 0.5) is 0 Å². The van der Waals surface area contributed by atoms with E-state index in [1.165, 1.54) is 22.1 Å². The fraction of sp³-hybridized carbons (Fsp3) is 0.500. The van der Waals surface area contributed by atoms with E-state index in [0.717, 1.165) is 13.0 Å². The quantitative estimate of drug-likeness (QED) is 0.906. The maximum atomic E-state index is 6.09. The van der Waals surface area contributed by atoms with Crippen LogP contribution in [0.2, 0.25) is 0 Å². The minimum Gasteiger partial charge on any atom is -0.373 e. The number of likely N-dealkylation sites (N-methyl/N-ethyl adjacent to an activating group) is 1.